The van der Waals surface area contributed by atoms with E-state index in [9.17, 15) is 5.26 Å². The number of ether oxygens (including phenoxy) is 1. The Morgan fingerprint density at radius 3 is 2.84 bits per heavy atom. The van der Waals surface area contributed by atoms with Crippen molar-refractivity contribution in [3.05, 3.63) is 22.5 Å². The predicted molar refractivity (Wildman–Crippen MR) is 73.3 cm³/mol. The monoisotopic (exact) mass is 276 g/mol. The van der Waals surface area contributed by atoms with E-state index in [0.29, 0.717) is 13.2 Å². The molecular formula is C13H16N4OS. The van der Waals surface area contributed by atoms with Crippen LogP contribution in [0.15, 0.2) is 5.38 Å². The molecule has 0 N–H and O–H groups in total. The second kappa shape index (κ2) is 4.93. The van der Waals surface area contributed by atoms with Gasteiger partial charge < -0.3 is 4.74 Å². The van der Waals surface area contributed by atoms with Crippen LogP contribution in [0.3, 0.4) is 0 Å². The summed E-state index contributed by atoms with van der Waals surface area (Å²) in [6.07, 6.45) is 0. The molecule has 100 valence electrons. The van der Waals surface area contributed by atoms with Crippen LogP contribution in [-0.4, -0.2) is 40.6 Å². The van der Waals surface area contributed by atoms with E-state index in [2.05, 4.69) is 32.7 Å². The Morgan fingerprint density at radius 2 is 2.16 bits per heavy atom. The van der Waals surface area contributed by atoms with Gasteiger partial charge in [-0.2, -0.15) is 5.26 Å². The van der Waals surface area contributed by atoms with Crippen LogP contribution in [-0.2, 0) is 4.74 Å². The zero-order valence-electron chi connectivity index (χ0n) is 11.1. The van der Waals surface area contributed by atoms with Crippen LogP contribution in [0.2, 0.25) is 0 Å². The van der Waals surface area contributed by atoms with E-state index in [1.54, 1.807) is 11.3 Å². The molecule has 0 spiro atoms. The molecule has 1 aliphatic heterocycles. The minimum absolute atomic E-state index is 0.243. The Balaban J connectivity index is 2.07. The second-order valence-corrected chi connectivity index (χ2v) is 5.59. The molecule has 0 bridgehead atoms. The number of aromatic nitrogens is 2. The average Bonchev–Trinajstić information content (AvgIpc) is 2.93. The molecule has 3 rings (SSSR count). The standard InChI is InChI=1S/C13H16N4OS/c1-9-8-19-13-15-10(2)12(17(9)13)11(7-14)16-3-5-18-6-4-16/h8,11H,3-6H2,1-2H3. The topological polar surface area (TPSA) is 53.6 Å². The van der Waals surface area contributed by atoms with Gasteiger partial charge in [0, 0.05) is 24.2 Å². The Labute approximate surface area is 116 Å². The first-order valence-electron chi connectivity index (χ1n) is 6.37. The predicted octanol–water partition coefficient (Wildman–Crippen LogP) is 1.91. The molecule has 19 heavy (non-hydrogen) atoms. The van der Waals surface area contributed by atoms with Gasteiger partial charge in [-0.3, -0.25) is 9.30 Å². The Hall–Kier alpha value is -1.42. The first-order valence-corrected chi connectivity index (χ1v) is 7.25. The zero-order valence-corrected chi connectivity index (χ0v) is 11.9. The molecule has 1 fully saturated rings. The van der Waals surface area contributed by atoms with Gasteiger partial charge in [0.05, 0.1) is 30.7 Å². The maximum Gasteiger partial charge on any atom is 0.194 e. The molecule has 0 aliphatic carbocycles. The lowest BCUT2D eigenvalue weighted by atomic mass is 10.1. The van der Waals surface area contributed by atoms with Gasteiger partial charge in [0.15, 0.2) is 4.96 Å². The number of morpholine rings is 1. The van der Waals surface area contributed by atoms with Gasteiger partial charge >= 0.3 is 0 Å². The number of thiazole rings is 1. The van der Waals surface area contributed by atoms with Crippen LogP contribution >= 0.6 is 11.3 Å². The van der Waals surface area contributed by atoms with Crippen molar-refractivity contribution in [1.82, 2.24) is 14.3 Å². The van der Waals surface area contributed by atoms with Gasteiger partial charge in [-0.25, -0.2) is 4.98 Å². The van der Waals surface area contributed by atoms with Crippen molar-refractivity contribution in [3.63, 3.8) is 0 Å². The van der Waals surface area contributed by atoms with E-state index < -0.39 is 0 Å². The summed E-state index contributed by atoms with van der Waals surface area (Å²) in [6.45, 7) is 7.03. The fourth-order valence-corrected chi connectivity index (χ4v) is 3.52. The number of hydrogen-bond acceptors (Lipinski definition) is 5. The number of aryl methyl sites for hydroxylation is 2. The fraction of sp³-hybridized carbons (Fsp3) is 0.538. The molecule has 0 saturated carbocycles. The molecule has 5 nitrogen and oxygen atoms in total. The number of hydrogen-bond donors (Lipinski definition) is 0. The minimum atomic E-state index is -0.243. The lowest BCUT2D eigenvalue weighted by Gasteiger charge is -2.30. The van der Waals surface area contributed by atoms with Crippen LogP contribution in [0, 0.1) is 25.2 Å². The highest BCUT2D eigenvalue weighted by atomic mass is 32.1. The number of fused-ring (bicyclic) bond motifs is 1. The lowest BCUT2D eigenvalue weighted by molar-refractivity contribution is 0.0257. The van der Waals surface area contributed by atoms with E-state index >= 15 is 0 Å². The third-order valence-electron chi connectivity index (χ3n) is 3.55. The third-order valence-corrected chi connectivity index (χ3v) is 4.49. The molecule has 2 aromatic heterocycles. The largest absolute Gasteiger partial charge is 0.379 e. The summed E-state index contributed by atoms with van der Waals surface area (Å²) in [6, 6.07) is 2.19. The van der Waals surface area contributed by atoms with E-state index in [0.717, 1.165) is 35.1 Å². The van der Waals surface area contributed by atoms with Crippen molar-refractivity contribution in [3.8, 4) is 6.07 Å². The van der Waals surface area contributed by atoms with Gasteiger partial charge in [0.25, 0.3) is 0 Å². The van der Waals surface area contributed by atoms with Gasteiger partial charge in [0.2, 0.25) is 0 Å². The molecule has 1 aliphatic rings. The highest BCUT2D eigenvalue weighted by molar-refractivity contribution is 7.15. The normalized spacial score (nSPS) is 18.6. The first kappa shape index (κ1) is 12.6. The van der Waals surface area contributed by atoms with Crippen LogP contribution in [0.4, 0.5) is 0 Å². The highest BCUT2D eigenvalue weighted by Gasteiger charge is 2.28. The summed E-state index contributed by atoms with van der Waals surface area (Å²) in [5.74, 6) is 0. The summed E-state index contributed by atoms with van der Waals surface area (Å²) >= 11 is 1.62. The average molecular weight is 276 g/mol. The van der Waals surface area contributed by atoms with Crippen molar-refractivity contribution in [2.24, 2.45) is 0 Å². The molecule has 0 amide bonds. The van der Waals surface area contributed by atoms with Crippen molar-refractivity contribution in [2.75, 3.05) is 26.3 Å². The van der Waals surface area contributed by atoms with Gasteiger partial charge in [-0.05, 0) is 13.8 Å². The Bertz CT molecular complexity index is 633. The van der Waals surface area contributed by atoms with E-state index in [-0.39, 0.29) is 6.04 Å². The molecule has 2 aromatic rings. The van der Waals surface area contributed by atoms with E-state index in [1.165, 1.54) is 0 Å². The molecule has 0 aromatic carbocycles. The molecule has 6 heteroatoms. The first-order chi connectivity index (χ1) is 9.22. The number of imidazole rings is 1. The quantitative estimate of drug-likeness (QED) is 0.841. The van der Waals surface area contributed by atoms with Crippen molar-refractivity contribution < 1.29 is 4.74 Å². The molecular weight excluding hydrogens is 260 g/mol. The minimum Gasteiger partial charge on any atom is -0.379 e. The van der Waals surface area contributed by atoms with Crippen molar-refractivity contribution >= 4 is 16.3 Å². The molecule has 1 unspecified atom stereocenters. The SMILES string of the molecule is Cc1nc2scc(C)n2c1C(C#N)N1CCOCC1. The summed E-state index contributed by atoms with van der Waals surface area (Å²) in [5.41, 5.74) is 3.11. The van der Waals surface area contributed by atoms with Crippen LogP contribution in [0.25, 0.3) is 4.96 Å². The van der Waals surface area contributed by atoms with Crippen LogP contribution in [0.5, 0.6) is 0 Å². The van der Waals surface area contributed by atoms with Gasteiger partial charge in [0.1, 0.15) is 6.04 Å². The summed E-state index contributed by atoms with van der Waals surface area (Å²) in [4.78, 5) is 7.72. The summed E-state index contributed by atoms with van der Waals surface area (Å²) in [5, 5.41) is 11.7. The molecule has 1 saturated heterocycles. The number of nitrogens with zero attached hydrogens (tertiary/aromatic N) is 4. The summed E-state index contributed by atoms with van der Waals surface area (Å²) < 4.78 is 7.48. The Morgan fingerprint density at radius 1 is 1.42 bits per heavy atom. The lowest BCUT2D eigenvalue weighted by Crippen LogP contribution is -2.39. The van der Waals surface area contributed by atoms with Gasteiger partial charge in [-0.1, -0.05) is 0 Å². The molecule has 0 radical (unpaired) electrons. The molecule has 1 atom stereocenters. The number of rotatable bonds is 2. The van der Waals surface area contributed by atoms with Crippen LogP contribution < -0.4 is 0 Å². The number of nitriles is 1. The maximum absolute atomic E-state index is 9.59. The van der Waals surface area contributed by atoms with Crippen LogP contribution in [0.1, 0.15) is 23.1 Å². The van der Waals surface area contributed by atoms with E-state index in [4.69, 9.17) is 4.74 Å². The fourth-order valence-electron chi connectivity index (χ4n) is 2.60. The smallest absolute Gasteiger partial charge is 0.194 e. The summed E-state index contributed by atoms with van der Waals surface area (Å²) in [7, 11) is 0. The Kier molecular flexibility index (Phi) is 3.27. The van der Waals surface area contributed by atoms with E-state index in [1.807, 2.05) is 6.92 Å². The molecule has 3 heterocycles. The van der Waals surface area contributed by atoms with Gasteiger partial charge in [-0.15, -0.1) is 11.3 Å². The second-order valence-electron chi connectivity index (χ2n) is 4.76. The zero-order chi connectivity index (χ0) is 13.4. The van der Waals surface area contributed by atoms with Crippen molar-refractivity contribution in [2.45, 2.75) is 19.9 Å². The third kappa shape index (κ3) is 2.04. The highest BCUT2D eigenvalue weighted by Crippen LogP contribution is 2.28. The maximum atomic E-state index is 9.59. The van der Waals surface area contributed by atoms with Crippen molar-refractivity contribution in [1.29, 1.82) is 5.26 Å².